The number of thioether (sulfide) groups is 1. The SMILES string of the molecule is COc1ccc(OC)c([C@H](C)NC(=O)CSc2n[nH]c(-c3ccncc3)n2)c1. The van der Waals surface area contributed by atoms with Crippen LogP contribution in [0.15, 0.2) is 47.9 Å². The van der Waals surface area contributed by atoms with Crippen molar-refractivity contribution in [2.24, 2.45) is 0 Å². The Morgan fingerprint density at radius 1 is 1.21 bits per heavy atom. The van der Waals surface area contributed by atoms with Gasteiger partial charge in [-0.3, -0.25) is 14.9 Å². The molecule has 0 unspecified atom stereocenters. The number of nitrogens with zero attached hydrogens (tertiary/aromatic N) is 3. The van der Waals surface area contributed by atoms with Crippen molar-refractivity contribution in [1.29, 1.82) is 0 Å². The lowest BCUT2D eigenvalue weighted by molar-refractivity contribution is -0.119. The number of ether oxygens (including phenoxy) is 2. The first-order chi connectivity index (χ1) is 13.6. The molecule has 0 radical (unpaired) electrons. The highest BCUT2D eigenvalue weighted by atomic mass is 32.2. The zero-order valence-electron chi connectivity index (χ0n) is 15.8. The number of benzene rings is 1. The number of rotatable bonds is 8. The summed E-state index contributed by atoms with van der Waals surface area (Å²) in [6, 6.07) is 8.93. The maximum Gasteiger partial charge on any atom is 0.230 e. The molecule has 0 saturated heterocycles. The average Bonchev–Trinajstić information content (AvgIpc) is 3.21. The first kappa shape index (κ1) is 19.7. The molecular formula is C19H21N5O3S. The van der Waals surface area contributed by atoms with Gasteiger partial charge >= 0.3 is 0 Å². The number of nitrogens with one attached hydrogen (secondary N) is 2. The number of methoxy groups -OCH3 is 2. The number of aromatic nitrogens is 4. The molecule has 0 aliphatic carbocycles. The Balaban J connectivity index is 1.58. The summed E-state index contributed by atoms with van der Waals surface area (Å²) in [7, 11) is 3.20. The van der Waals surface area contributed by atoms with E-state index in [0.29, 0.717) is 22.5 Å². The molecule has 0 aliphatic rings. The van der Waals surface area contributed by atoms with Crippen LogP contribution >= 0.6 is 11.8 Å². The standard InChI is InChI=1S/C19H21N5O3S/c1-12(15-10-14(26-2)4-5-16(15)27-3)21-17(25)11-28-19-22-18(23-24-19)13-6-8-20-9-7-13/h4-10,12H,11H2,1-3H3,(H,21,25)(H,22,23,24)/t12-/m0/s1. The van der Waals surface area contributed by atoms with Gasteiger partial charge in [-0.15, -0.1) is 5.10 Å². The zero-order valence-corrected chi connectivity index (χ0v) is 16.6. The number of pyridine rings is 1. The van der Waals surface area contributed by atoms with E-state index in [2.05, 4.69) is 25.5 Å². The number of amides is 1. The van der Waals surface area contributed by atoms with Gasteiger partial charge in [0.15, 0.2) is 5.82 Å². The van der Waals surface area contributed by atoms with E-state index in [0.717, 1.165) is 11.1 Å². The fourth-order valence-corrected chi connectivity index (χ4v) is 3.23. The second-order valence-corrected chi connectivity index (χ2v) is 6.83. The van der Waals surface area contributed by atoms with Gasteiger partial charge < -0.3 is 14.8 Å². The van der Waals surface area contributed by atoms with Crippen molar-refractivity contribution in [3.05, 3.63) is 48.3 Å². The van der Waals surface area contributed by atoms with E-state index in [9.17, 15) is 4.79 Å². The summed E-state index contributed by atoms with van der Waals surface area (Å²) in [5.74, 6) is 2.11. The molecule has 9 heteroatoms. The number of hydrogen-bond acceptors (Lipinski definition) is 7. The highest BCUT2D eigenvalue weighted by Crippen LogP contribution is 2.29. The Kier molecular flexibility index (Phi) is 6.49. The molecule has 0 saturated carbocycles. The highest BCUT2D eigenvalue weighted by Gasteiger charge is 2.16. The Labute approximate surface area is 167 Å². The monoisotopic (exact) mass is 399 g/mol. The predicted octanol–water partition coefficient (Wildman–Crippen LogP) is 2.85. The van der Waals surface area contributed by atoms with Gasteiger partial charge in [0, 0.05) is 23.5 Å². The Morgan fingerprint density at radius 3 is 2.71 bits per heavy atom. The van der Waals surface area contributed by atoms with Crippen LogP contribution in [0.4, 0.5) is 0 Å². The zero-order chi connectivity index (χ0) is 19.9. The van der Waals surface area contributed by atoms with Crippen LogP contribution in [-0.4, -0.2) is 46.0 Å². The predicted molar refractivity (Wildman–Crippen MR) is 106 cm³/mol. The van der Waals surface area contributed by atoms with Crippen LogP contribution in [0.25, 0.3) is 11.4 Å². The van der Waals surface area contributed by atoms with Crippen molar-refractivity contribution in [2.75, 3.05) is 20.0 Å². The van der Waals surface area contributed by atoms with Crippen molar-refractivity contribution in [3.63, 3.8) is 0 Å². The molecule has 2 heterocycles. The Morgan fingerprint density at radius 2 is 2.00 bits per heavy atom. The lowest BCUT2D eigenvalue weighted by atomic mass is 10.1. The van der Waals surface area contributed by atoms with Gasteiger partial charge in [0.2, 0.25) is 11.1 Å². The summed E-state index contributed by atoms with van der Waals surface area (Å²) >= 11 is 1.26. The van der Waals surface area contributed by atoms with Gasteiger partial charge in [-0.1, -0.05) is 11.8 Å². The summed E-state index contributed by atoms with van der Waals surface area (Å²) in [5.41, 5.74) is 1.73. The molecule has 1 aromatic carbocycles. The van der Waals surface area contributed by atoms with Crippen LogP contribution in [0.1, 0.15) is 18.5 Å². The van der Waals surface area contributed by atoms with Crippen molar-refractivity contribution in [1.82, 2.24) is 25.5 Å². The summed E-state index contributed by atoms with van der Waals surface area (Å²) in [6.07, 6.45) is 3.37. The van der Waals surface area contributed by atoms with Crippen LogP contribution in [0.5, 0.6) is 11.5 Å². The minimum atomic E-state index is -0.238. The van der Waals surface area contributed by atoms with Crippen molar-refractivity contribution >= 4 is 17.7 Å². The molecule has 2 aromatic heterocycles. The molecule has 1 amide bonds. The first-order valence-corrected chi connectivity index (χ1v) is 9.56. The molecule has 146 valence electrons. The number of carbonyl (C=O) groups is 1. The Hall–Kier alpha value is -3.07. The molecule has 0 spiro atoms. The second-order valence-electron chi connectivity index (χ2n) is 5.89. The summed E-state index contributed by atoms with van der Waals surface area (Å²) in [6.45, 7) is 1.90. The molecule has 8 nitrogen and oxygen atoms in total. The van der Waals surface area contributed by atoms with E-state index in [1.54, 1.807) is 26.6 Å². The molecule has 1 atom stereocenters. The van der Waals surface area contributed by atoms with Gasteiger partial charge in [0.1, 0.15) is 11.5 Å². The van der Waals surface area contributed by atoms with E-state index < -0.39 is 0 Å². The third-order valence-corrected chi connectivity index (χ3v) is 4.88. The fourth-order valence-electron chi connectivity index (χ4n) is 2.62. The van der Waals surface area contributed by atoms with Crippen LogP contribution in [0, 0.1) is 0 Å². The van der Waals surface area contributed by atoms with Crippen molar-refractivity contribution in [2.45, 2.75) is 18.1 Å². The number of hydrogen-bond donors (Lipinski definition) is 2. The van der Waals surface area contributed by atoms with Crippen LogP contribution in [0.3, 0.4) is 0 Å². The second kappa shape index (κ2) is 9.23. The quantitative estimate of drug-likeness (QED) is 0.562. The Bertz CT molecular complexity index is 932. The van der Waals surface area contributed by atoms with E-state index in [1.807, 2.05) is 37.3 Å². The van der Waals surface area contributed by atoms with Gasteiger partial charge in [-0.05, 0) is 37.3 Å². The van der Waals surface area contributed by atoms with Gasteiger partial charge in [-0.25, -0.2) is 4.98 Å². The van der Waals surface area contributed by atoms with Crippen LogP contribution < -0.4 is 14.8 Å². The van der Waals surface area contributed by atoms with Crippen LogP contribution in [-0.2, 0) is 4.79 Å². The molecular weight excluding hydrogens is 378 g/mol. The van der Waals surface area contributed by atoms with Gasteiger partial charge in [0.25, 0.3) is 0 Å². The van der Waals surface area contributed by atoms with Gasteiger partial charge in [-0.2, -0.15) is 0 Å². The number of aromatic amines is 1. The average molecular weight is 399 g/mol. The molecule has 2 N–H and O–H groups in total. The minimum Gasteiger partial charge on any atom is -0.497 e. The first-order valence-electron chi connectivity index (χ1n) is 8.57. The number of carbonyl (C=O) groups excluding carboxylic acids is 1. The molecule has 3 rings (SSSR count). The maximum absolute atomic E-state index is 12.4. The molecule has 0 aliphatic heterocycles. The third-order valence-electron chi connectivity index (χ3n) is 4.03. The largest absolute Gasteiger partial charge is 0.497 e. The summed E-state index contributed by atoms with van der Waals surface area (Å²) in [5, 5.41) is 10.5. The minimum absolute atomic E-state index is 0.127. The molecule has 3 aromatic rings. The summed E-state index contributed by atoms with van der Waals surface area (Å²) in [4.78, 5) is 20.7. The maximum atomic E-state index is 12.4. The summed E-state index contributed by atoms with van der Waals surface area (Å²) < 4.78 is 10.6. The smallest absolute Gasteiger partial charge is 0.230 e. The van der Waals surface area contributed by atoms with Crippen molar-refractivity contribution in [3.8, 4) is 22.9 Å². The van der Waals surface area contributed by atoms with Crippen LogP contribution in [0.2, 0.25) is 0 Å². The van der Waals surface area contributed by atoms with E-state index in [-0.39, 0.29) is 17.7 Å². The van der Waals surface area contributed by atoms with Gasteiger partial charge in [0.05, 0.1) is 26.0 Å². The van der Waals surface area contributed by atoms with E-state index in [4.69, 9.17) is 9.47 Å². The molecule has 0 fully saturated rings. The fraction of sp³-hybridized carbons (Fsp3) is 0.263. The lowest BCUT2D eigenvalue weighted by Gasteiger charge is -2.18. The van der Waals surface area contributed by atoms with Crippen molar-refractivity contribution < 1.29 is 14.3 Å². The number of H-pyrrole nitrogens is 1. The molecule has 28 heavy (non-hydrogen) atoms. The molecule has 0 bridgehead atoms. The van der Waals surface area contributed by atoms with E-state index >= 15 is 0 Å². The highest BCUT2D eigenvalue weighted by molar-refractivity contribution is 7.99. The third kappa shape index (κ3) is 4.80. The topological polar surface area (TPSA) is 102 Å². The normalized spacial score (nSPS) is 11.7. The van der Waals surface area contributed by atoms with E-state index in [1.165, 1.54) is 11.8 Å². The lowest BCUT2D eigenvalue weighted by Crippen LogP contribution is -2.28.